The van der Waals surface area contributed by atoms with Gasteiger partial charge in [0.25, 0.3) is 0 Å². The number of rotatable bonds is 4. The molecule has 0 bridgehead atoms. The van der Waals surface area contributed by atoms with Gasteiger partial charge < -0.3 is 9.72 Å². The molecule has 6 heteroatoms. The van der Waals surface area contributed by atoms with Crippen molar-refractivity contribution in [3.05, 3.63) is 75.7 Å². The number of imidazole rings is 1. The second kappa shape index (κ2) is 7.07. The van der Waals surface area contributed by atoms with Gasteiger partial charge in [-0.15, -0.1) is 0 Å². The number of fused-ring (bicyclic) bond motifs is 1. The number of nitrogens with zero attached hydrogens (tertiary/aromatic N) is 2. The fourth-order valence-corrected chi connectivity index (χ4v) is 2.75. The Bertz CT molecular complexity index is 931. The third-order valence-electron chi connectivity index (χ3n) is 3.47. The summed E-state index contributed by atoms with van der Waals surface area (Å²) in [4.78, 5) is 16.4. The first kappa shape index (κ1) is 16.6. The Kier molecular flexibility index (Phi) is 4.88. The fourth-order valence-electron chi connectivity index (χ4n) is 2.28. The Morgan fingerprint density at radius 3 is 2.88 bits per heavy atom. The SMILES string of the molecule is Cc1ccc2nc(CNC(=O)/C=C/c3ccc(Cl)cc3Cl)cn2c1. The first-order valence-electron chi connectivity index (χ1n) is 7.36. The van der Waals surface area contributed by atoms with Gasteiger partial charge in [0, 0.05) is 28.5 Å². The van der Waals surface area contributed by atoms with Crippen molar-refractivity contribution in [3.8, 4) is 0 Å². The lowest BCUT2D eigenvalue weighted by Crippen LogP contribution is -2.20. The Hall–Kier alpha value is -2.30. The van der Waals surface area contributed by atoms with Gasteiger partial charge >= 0.3 is 0 Å². The number of hydrogen-bond donors (Lipinski definition) is 1. The Morgan fingerprint density at radius 2 is 2.08 bits per heavy atom. The molecule has 0 aliphatic rings. The molecular formula is C18H15Cl2N3O. The number of halogens is 2. The first-order valence-corrected chi connectivity index (χ1v) is 8.12. The van der Waals surface area contributed by atoms with Crippen LogP contribution in [-0.4, -0.2) is 15.3 Å². The Labute approximate surface area is 149 Å². The first-order chi connectivity index (χ1) is 11.5. The quantitative estimate of drug-likeness (QED) is 0.706. The lowest BCUT2D eigenvalue weighted by Gasteiger charge is -2.00. The van der Waals surface area contributed by atoms with E-state index in [1.807, 2.05) is 35.9 Å². The van der Waals surface area contributed by atoms with Gasteiger partial charge in [-0.1, -0.05) is 35.3 Å². The van der Waals surface area contributed by atoms with Crippen molar-refractivity contribution in [2.24, 2.45) is 0 Å². The topological polar surface area (TPSA) is 46.4 Å². The lowest BCUT2D eigenvalue weighted by atomic mass is 10.2. The normalized spacial score (nSPS) is 11.3. The minimum atomic E-state index is -0.214. The third-order valence-corrected chi connectivity index (χ3v) is 4.03. The molecule has 122 valence electrons. The summed E-state index contributed by atoms with van der Waals surface area (Å²) in [6.45, 7) is 2.38. The minimum absolute atomic E-state index is 0.214. The molecule has 0 spiro atoms. The van der Waals surface area contributed by atoms with Crippen molar-refractivity contribution in [1.82, 2.24) is 14.7 Å². The maximum atomic E-state index is 11.9. The Balaban J connectivity index is 1.63. The molecule has 1 amide bonds. The maximum absolute atomic E-state index is 11.9. The average Bonchev–Trinajstić information content (AvgIpc) is 2.94. The number of hydrogen-bond acceptors (Lipinski definition) is 2. The molecule has 0 unspecified atom stereocenters. The summed E-state index contributed by atoms with van der Waals surface area (Å²) in [5.74, 6) is -0.214. The zero-order valence-electron chi connectivity index (χ0n) is 13.0. The maximum Gasteiger partial charge on any atom is 0.244 e. The van der Waals surface area contributed by atoms with E-state index in [2.05, 4.69) is 10.3 Å². The molecule has 0 atom stereocenters. The molecule has 2 heterocycles. The van der Waals surface area contributed by atoms with Gasteiger partial charge in [0.05, 0.1) is 12.2 Å². The summed E-state index contributed by atoms with van der Waals surface area (Å²) < 4.78 is 1.94. The number of carbonyl (C=O) groups is 1. The van der Waals surface area contributed by atoms with E-state index in [1.54, 1.807) is 24.3 Å². The lowest BCUT2D eigenvalue weighted by molar-refractivity contribution is -0.116. The van der Waals surface area contributed by atoms with Crippen molar-refractivity contribution in [3.63, 3.8) is 0 Å². The van der Waals surface area contributed by atoms with Crippen LogP contribution in [0.1, 0.15) is 16.8 Å². The molecule has 0 saturated heterocycles. The highest BCUT2D eigenvalue weighted by molar-refractivity contribution is 6.35. The monoisotopic (exact) mass is 359 g/mol. The molecule has 0 fully saturated rings. The van der Waals surface area contributed by atoms with Crippen LogP contribution in [0.15, 0.2) is 48.8 Å². The number of aryl methyl sites for hydroxylation is 1. The van der Waals surface area contributed by atoms with Crippen LogP contribution in [0.4, 0.5) is 0 Å². The predicted molar refractivity (Wildman–Crippen MR) is 97.3 cm³/mol. The van der Waals surface area contributed by atoms with Crippen LogP contribution in [0, 0.1) is 6.92 Å². The molecule has 4 nitrogen and oxygen atoms in total. The summed E-state index contributed by atoms with van der Waals surface area (Å²) >= 11 is 11.9. The summed E-state index contributed by atoms with van der Waals surface area (Å²) in [6.07, 6.45) is 6.99. The zero-order chi connectivity index (χ0) is 17.1. The van der Waals surface area contributed by atoms with Crippen molar-refractivity contribution < 1.29 is 4.79 Å². The molecule has 24 heavy (non-hydrogen) atoms. The summed E-state index contributed by atoms with van der Waals surface area (Å²) in [7, 11) is 0. The zero-order valence-corrected chi connectivity index (χ0v) is 14.5. The van der Waals surface area contributed by atoms with Gasteiger partial charge in [0.15, 0.2) is 0 Å². The Morgan fingerprint density at radius 1 is 1.25 bits per heavy atom. The predicted octanol–water partition coefficient (Wildman–Crippen LogP) is 4.28. The molecular weight excluding hydrogens is 345 g/mol. The summed E-state index contributed by atoms with van der Waals surface area (Å²) in [6, 6.07) is 9.08. The number of benzene rings is 1. The molecule has 3 rings (SSSR count). The van der Waals surface area contributed by atoms with Gasteiger partial charge in [-0.2, -0.15) is 0 Å². The fraction of sp³-hybridized carbons (Fsp3) is 0.111. The van der Waals surface area contributed by atoms with E-state index < -0.39 is 0 Å². The van der Waals surface area contributed by atoms with Gasteiger partial charge in [0.2, 0.25) is 5.91 Å². The van der Waals surface area contributed by atoms with E-state index in [0.29, 0.717) is 16.6 Å². The van der Waals surface area contributed by atoms with Gasteiger partial charge in [-0.05, 0) is 42.3 Å². The molecule has 1 aromatic carbocycles. The van der Waals surface area contributed by atoms with E-state index in [0.717, 1.165) is 22.5 Å². The number of aromatic nitrogens is 2. The molecule has 2 aromatic heterocycles. The number of pyridine rings is 1. The molecule has 0 saturated carbocycles. The largest absolute Gasteiger partial charge is 0.347 e. The van der Waals surface area contributed by atoms with Gasteiger partial charge in [-0.3, -0.25) is 4.79 Å². The van der Waals surface area contributed by atoms with Crippen LogP contribution in [-0.2, 0) is 11.3 Å². The molecule has 0 aliphatic heterocycles. The second-order valence-electron chi connectivity index (χ2n) is 5.42. The van der Waals surface area contributed by atoms with Crippen LogP contribution in [0.5, 0.6) is 0 Å². The van der Waals surface area contributed by atoms with Crippen LogP contribution in [0.2, 0.25) is 10.0 Å². The smallest absolute Gasteiger partial charge is 0.244 e. The number of nitrogens with one attached hydrogen (secondary N) is 1. The number of amides is 1. The van der Waals surface area contributed by atoms with Gasteiger partial charge in [0.1, 0.15) is 5.65 Å². The number of carbonyl (C=O) groups excluding carboxylic acids is 1. The van der Waals surface area contributed by atoms with E-state index in [1.165, 1.54) is 6.08 Å². The van der Waals surface area contributed by atoms with E-state index in [-0.39, 0.29) is 5.91 Å². The highest BCUT2D eigenvalue weighted by atomic mass is 35.5. The van der Waals surface area contributed by atoms with Gasteiger partial charge in [-0.25, -0.2) is 4.98 Å². The molecule has 0 radical (unpaired) electrons. The summed E-state index contributed by atoms with van der Waals surface area (Å²) in [5.41, 5.74) is 3.54. The highest BCUT2D eigenvalue weighted by Gasteiger charge is 2.04. The average molecular weight is 360 g/mol. The van der Waals surface area contributed by atoms with E-state index in [9.17, 15) is 4.79 Å². The molecule has 3 aromatic rings. The van der Waals surface area contributed by atoms with Crippen LogP contribution < -0.4 is 5.32 Å². The van der Waals surface area contributed by atoms with Crippen LogP contribution in [0.3, 0.4) is 0 Å². The van der Waals surface area contributed by atoms with Crippen molar-refractivity contribution in [2.75, 3.05) is 0 Å². The van der Waals surface area contributed by atoms with Crippen molar-refractivity contribution in [1.29, 1.82) is 0 Å². The summed E-state index contributed by atoms with van der Waals surface area (Å²) in [5, 5.41) is 3.87. The van der Waals surface area contributed by atoms with Crippen LogP contribution >= 0.6 is 23.2 Å². The van der Waals surface area contributed by atoms with Crippen LogP contribution in [0.25, 0.3) is 11.7 Å². The minimum Gasteiger partial charge on any atom is -0.347 e. The van der Waals surface area contributed by atoms with Crippen molar-refractivity contribution >= 4 is 40.8 Å². The molecule has 0 aliphatic carbocycles. The van der Waals surface area contributed by atoms with Crippen molar-refractivity contribution in [2.45, 2.75) is 13.5 Å². The highest BCUT2D eigenvalue weighted by Crippen LogP contribution is 2.21. The standard InChI is InChI=1S/C18H15Cl2N3O/c1-12-2-6-17-22-15(11-23(17)10-12)9-21-18(24)7-4-13-3-5-14(19)8-16(13)20/h2-8,10-11H,9H2,1H3,(H,21,24)/b7-4+. The second-order valence-corrected chi connectivity index (χ2v) is 6.26. The molecule has 1 N–H and O–H groups in total. The van der Waals surface area contributed by atoms with E-state index >= 15 is 0 Å². The van der Waals surface area contributed by atoms with E-state index in [4.69, 9.17) is 23.2 Å². The third kappa shape index (κ3) is 3.96.